The standard InChI is InChI=1S/C25H28N4O3S/c1-16-14-20(17(2)29(16)19-9-6-8-18(15-19)24(30)31)23-22(21-10-4-5-11-26-21)27-25(33)28(23)12-7-13-32-3/h4-6,8-11,14-15,22-23H,7,12-13H2,1-3H3,(H,27,33)(H,30,31)/t22-,23+/m0/s1. The van der Waals surface area contributed by atoms with Gasteiger partial charge in [-0.25, -0.2) is 4.79 Å². The van der Waals surface area contributed by atoms with E-state index in [1.54, 1.807) is 31.5 Å². The number of thiocarbonyl (C=S) groups is 1. The molecule has 8 heteroatoms. The number of carbonyl (C=O) groups is 1. The maximum atomic E-state index is 11.5. The first-order valence-corrected chi connectivity index (χ1v) is 11.3. The van der Waals surface area contributed by atoms with E-state index >= 15 is 0 Å². The largest absolute Gasteiger partial charge is 0.478 e. The average molecular weight is 465 g/mol. The topological polar surface area (TPSA) is 79.6 Å². The summed E-state index contributed by atoms with van der Waals surface area (Å²) in [7, 11) is 1.70. The first-order valence-electron chi connectivity index (χ1n) is 10.9. The predicted molar refractivity (Wildman–Crippen MR) is 131 cm³/mol. The van der Waals surface area contributed by atoms with Crippen LogP contribution >= 0.6 is 12.2 Å². The van der Waals surface area contributed by atoms with Crippen molar-refractivity contribution in [3.05, 3.63) is 82.9 Å². The summed E-state index contributed by atoms with van der Waals surface area (Å²) in [6.07, 6.45) is 2.65. The second-order valence-corrected chi connectivity index (χ2v) is 8.57. The molecule has 4 rings (SSSR count). The minimum absolute atomic E-state index is 0.0492. The number of rotatable bonds is 8. The molecule has 0 bridgehead atoms. The molecular weight excluding hydrogens is 436 g/mol. The Hall–Kier alpha value is -3.23. The monoisotopic (exact) mass is 464 g/mol. The fourth-order valence-corrected chi connectivity index (χ4v) is 4.96. The van der Waals surface area contributed by atoms with Gasteiger partial charge in [-0.2, -0.15) is 0 Å². The molecule has 2 aromatic heterocycles. The van der Waals surface area contributed by atoms with Crippen molar-refractivity contribution in [3.8, 4) is 5.69 Å². The molecule has 1 saturated heterocycles. The van der Waals surface area contributed by atoms with Gasteiger partial charge < -0.3 is 24.6 Å². The third-order valence-corrected chi connectivity index (χ3v) is 6.44. The molecule has 7 nitrogen and oxygen atoms in total. The van der Waals surface area contributed by atoms with Gasteiger partial charge in [-0.1, -0.05) is 12.1 Å². The number of aromatic carboxylic acids is 1. The number of carboxylic acids is 1. The van der Waals surface area contributed by atoms with Gasteiger partial charge in [-0.3, -0.25) is 4.98 Å². The number of ether oxygens (including phenoxy) is 1. The molecule has 3 aromatic rings. The van der Waals surface area contributed by atoms with E-state index in [4.69, 9.17) is 17.0 Å². The van der Waals surface area contributed by atoms with Crippen molar-refractivity contribution >= 4 is 23.3 Å². The normalized spacial score (nSPS) is 17.9. The molecular formula is C25H28N4O3S. The van der Waals surface area contributed by atoms with E-state index in [-0.39, 0.29) is 17.6 Å². The van der Waals surface area contributed by atoms with E-state index in [1.165, 1.54) is 0 Å². The molecule has 1 aliphatic rings. The highest BCUT2D eigenvalue weighted by atomic mass is 32.1. The predicted octanol–water partition coefficient (Wildman–Crippen LogP) is 4.20. The van der Waals surface area contributed by atoms with Crippen LogP contribution in [0.15, 0.2) is 54.7 Å². The summed E-state index contributed by atoms with van der Waals surface area (Å²) in [6, 6.07) is 14.9. The van der Waals surface area contributed by atoms with Crippen LogP contribution in [-0.2, 0) is 4.74 Å². The maximum Gasteiger partial charge on any atom is 0.335 e. The fraction of sp³-hybridized carbons (Fsp3) is 0.320. The number of nitrogens with zero attached hydrogens (tertiary/aromatic N) is 3. The van der Waals surface area contributed by atoms with Gasteiger partial charge in [0.15, 0.2) is 5.11 Å². The van der Waals surface area contributed by atoms with Gasteiger partial charge in [-0.15, -0.1) is 0 Å². The first kappa shape index (κ1) is 22.9. The second kappa shape index (κ2) is 9.72. The molecule has 0 unspecified atom stereocenters. The Morgan fingerprint density at radius 1 is 1.21 bits per heavy atom. The second-order valence-electron chi connectivity index (χ2n) is 8.18. The third-order valence-electron chi connectivity index (χ3n) is 6.09. The van der Waals surface area contributed by atoms with E-state index in [0.717, 1.165) is 41.3 Å². The van der Waals surface area contributed by atoms with E-state index in [9.17, 15) is 9.90 Å². The molecule has 172 valence electrons. The van der Waals surface area contributed by atoms with E-state index in [0.29, 0.717) is 11.7 Å². The number of methoxy groups -OCH3 is 1. The molecule has 0 aliphatic carbocycles. The van der Waals surface area contributed by atoms with E-state index < -0.39 is 5.97 Å². The number of hydrogen-bond acceptors (Lipinski definition) is 4. The van der Waals surface area contributed by atoms with Crippen LogP contribution in [0.1, 0.15) is 51.5 Å². The molecule has 1 fully saturated rings. The van der Waals surface area contributed by atoms with E-state index in [2.05, 4.69) is 32.8 Å². The summed E-state index contributed by atoms with van der Waals surface area (Å²) in [5, 5.41) is 13.6. The Balaban J connectivity index is 1.79. The Labute approximate surface area is 199 Å². The molecule has 0 spiro atoms. The zero-order valence-electron chi connectivity index (χ0n) is 19.0. The Kier molecular flexibility index (Phi) is 6.76. The van der Waals surface area contributed by atoms with Crippen LogP contribution in [0.3, 0.4) is 0 Å². The first-order chi connectivity index (χ1) is 15.9. The molecule has 0 amide bonds. The Bertz CT molecular complexity index is 1160. The number of benzene rings is 1. The Morgan fingerprint density at radius 3 is 2.73 bits per heavy atom. The van der Waals surface area contributed by atoms with Gasteiger partial charge in [-0.05, 0) is 74.4 Å². The SMILES string of the molecule is COCCCN1C(=S)N[C@@H](c2ccccn2)[C@H]1c1cc(C)n(-c2cccc(C(=O)O)c2)c1C. The molecule has 1 aromatic carbocycles. The number of aromatic nitrogens is 2. The summed E-state index contributed by atoms with van der Waals surface area (Å²) in [5.74, 6) is -0.940. The van der Waals surface area contributed by atoms with Crippen LogP contribution in [0.2, 0.25) is 0 Å². The molecule has 3 heterocycles. The number of carboxylic acid groups (broad SMARTS) is 1. The molecule has 1 aliphatic heterocycles. The number of hydrogen-bond donors (Lipinski definition) is 2. The van der Waals surface area contributed by atoms with Crippen LogP contribution in [0.5, 0.6) is 0 Å². The zero-order chi connectivity index (χ0) is 23.5. The highest BCUT2D eigenvalue weighted by Crippen LogP contribution is 2.41. The Morgan fingerprint density at radius 2 is 2.03 bits per heavy atom. The average Bonchev–Trinajstić information content (AvgIpc) is 3.29. The number of pyridine rings is 1. The van der Waals surface area contributed by atoms with Crippen LogP contribution in [0, 0.1) is 13.8 Å². The lowest BCUT2D eigenvalue weighted by atomic mass is 9.96. The van der Waals surface area contributed by atoms with Gasteiger partial charge in [0.05, 0.1) is 23.3 Å². The number of aryl methyl sites for hydroxylation is 1. The van der Waals surface area contributed by atoms with E-state index in [1.807, 2.05) is 31.2 Å². The molecule has 0 radical (unpaired) electrons. The molecule has 2 N–H and O–H groups in total. The summed E-state index contributed by atoms with van der Waals surface area (Å²) in [6.45, 7) is 5.52. The van der Waals surface area contributed by atoms with Crippen LogP contribution in [-0.4, -0.2) is 50.9 Å². The van der Waals surface area contributed by atoms with Gasteiger partial charge in [0, 0.05) is 43.5 Å². The lowest BCUT2D eigenvalue weighted by Gasteiger charge is -2.28. The van der Waals surface area contributed by atoms with Gasteiger partial charge in [0.25, 0.3) is 0 Å². The van der Waals surface area contributed by atoms with Crippen LogP contribution in [0.4, 0.5) is 0 Å². The van der Waals surface area contributed by atoms with Gasteiger partial charge in [0.2, 0.25) is 0 Å². The lowest BCUT2D eigenvalue weighted by molar-refractivity contribution is 0.0697. The smallest absolute Gasteiger partial charge is 0.335 e. The fourth-order valence-electron chi connectivity index (χ4n) is 4.63. The zero-order valence-corrected chi connectivity index (χ0v) is 19.8. The number of nitrogens with one attached hydrogen (secondary N) is 1. The van der Waals surface area contributed by atoms with Crippen LogP contribution < -0.4 is 5.32 Å². The quantitative estimate of drug-likeness (QED) is 0.382. The van der Waals surface area contributed by atoms with Crippen molar-refractivity contribution in [2.45, 2.75) is 32.4 Å². The van der Waals surface area contributed by atoms with Crippen molar-refractivity contribution in [1.82, 2.24) is 19.8 Å². The molecule has 0 saturated carbocycles. The maximum absolute atomic E-state index is 11.5. The van der Waals surface area contributed by atoms with Gasteiger partial charge >= 0.3 is 5.97 Å². The summed E-state index contributed by atoms with van der Waals surface area (Å²) < 4.78 is 7.37. The van der Waals surface area contributed by atoms with Crippen molar-refractivity contribution in [2.75, 3.05) is 20.3 Å². The molecule has 33 heavy (non-hydrogen) atoms. The minimum atomic E-state index is -0.940. The summed E-state index contributed by atoms with van der Waals surface area (Å²) in [5.41, 5.74) is 5.22. The summed E-state index contributed by atoms with van der Waals surface area (Å²) in [4.78, 5) is 18.3. The third kappa shape index (κ3) is 4.49. The molecule has 2 atom stereocenters. The van der Waals surface area contributed by atoms with Crippen molar-refractivity contribution in [2.24, 2.45) is 0 Å². The summed E-state index contributed by atoms with van der Waals surface area (Å²) >= 11 is 5.74. The lowest BCUT2D eigenvalue weighted by Crippen LogP contribution is -2.31. The van der Waals surface area contributed by atoms with Crippen molar-refractivity contribution in [3.63, 3.8) is 0 Å². The van der Waals surface area contributed by atoms with Crippen molar-refractivity contribution in [1.29, 1.82) is 0 Å². The highest BCUT2D eigenvalue weighted by molar-refractivity contribution is 7.80. The van der Waals surface area contributed by atoms with Crippen molar-refractivity contribution < 1.29 is 14.6 Å². The highest BCUT2D eigenvalue weighted by Gasteiger charge is 2.41. The van der Waals surface area contributed by atoms with Gasteiger partial charge in [0.1, 0.15) is 0 Å². The minimum Gasteiger partial charge on any atom is -0.478 e. The van der Waals surface area contributed by atoms with Crippen LogP contribution in [0.25, 0.3) is 5.69 Å².